The van der Waals surface area contributed by atoms with Gasteiger partial charge in [-0.05, 0) is 26.3 Å². The first kappa shape index (κ1) is 18.8. The van der Waals surface area contributed by atoms with E-state index in [0.29, 0.717) is 24.1 Å². The molecule has 0 radical (unpaired) electrons. The Morgan fingerprint density at radius 1 is 1.23 bits per heavy atom. The number of nitrogens with zero attached hydrogens (tertiary/aromatic N) is 5. The molecule has 2 aromatic rings. The van der Waals surface area contributed by atoms with E-state index in [-0.39, 0.29) is 12.1 Å². The van der Waals surface area contributed by atoms with Crippen molar-refractivity contribution in [3.8, 4) is 0 Å². The van der Waals surface area contributed by atoms with Gasteiger partial charge in [0.25, 0.3) is 5.56 Å². The van der Waals surface area contributed by atoms with Crippen molar-refractivity contribution < 1.29 is 10.2 Å². The van der Waals surface area contributed by atoms with Gasteiger partial charge in [0, 0.05) is 20.1 Å². The Morgan fingerprint density at radius 2 is 1.96 bits per heavy atom. The molecule has 0 aliphatic carbocycles. The molecule has 1 fully saturated rings. The van der Waals surface area contributed by atoms with Crippen LogP contribution >= 0.6 is 0 Å². The lowest BCUT2D eigenvalue weighted by Crippen LogP contribution is -2.38. The molecule has 2 N–H and O–H groups in total. The van der Waals surface area contributed by atoms with Gasteiger partial charge in [-0.25, -0.2) is 9.78 Å². The molecule has 9 nitrogen and oxygen atoms in total. The number of imidazole rings is 1. The third-order valence-electron chi connectivity index (χ3n) is 5.32. The molecule has 0 spiro atoms. The van der Waals surface area contributed by atoms with Gasteiger partial charge >= 0.3 is 5.69 Å². The second-order valence-electron chi connectivity index (χ2n) is 7.17. The van der Waals surface area contributed by atoms with Crippen LogP contribution < -0.4 is 11.2 Å². The molecule has 144 valence electrons. The topological polar surface area (TPSA) is 106 Å². The van der Waals surface area contributed by atoms with Crippen molar-refractivity contribution in [1.82, 2.24) is 23.6 Å². The number of fused-ring (bicyclic) bond motifs is 1. The van der Waals surface area contributed by atoms with E-state index in [1.165, 1.54) is 18.0 Å². The number of aliphatic hydroxyl groups is 2. The number of aryl methyl sites for hydroxylation is 1. The third kappa shape index (κ3) is 3.22. The Balaban J connectivity index is 2.16. The zero-order valence-corrected chi connectivity index (χ0v) is 15.6. The van der Waals surface area contributed by atoms with E-state index in [1.54, 1.807) is 11.6 Å². The SMILES string of the molecule is C[C@@H]1CCCCN1Cc1nc2c(c(=O)n(C)c(=O)n2C)n1C[C@@H](O)CO. The zero-order valence-electron chi connectivity index (χ0n) is 15.6. The predicted molar refractivity (Wildman–Crippen MR) is 97.0 cm³/mol. The molecular formula is C17H27N5O4. The summed E-state index contributed by atoms with van der Waals surface area (Å²) in [4.78, 5) is 31.8. The van der Waals surface area contributed by atoms with Crippen LogP contribution in [0.1, 0.15) is 32.0 Å². The Kier molecular flexibility index (Phi) is 5.31. The van der Waals surface area contributed by atoms with Crippen LogP contribution in [-0.2, 0) is 27.2 Å². The van der Waals surface area contributed by atoms with Crippen molar-refractivity contribution in [3.63, 3.8) is 0 Å². The summed E-state index contributed by atoms with van der Waals surface area (Å²) in [6, 6.07) is 0.409. The van der Waals surface area contributed by atoms with E-state index in [0.717, 1.165) is 24.0 Å². The first-order valence-corrected chi connectivity index (χ1v) is 9.03. The first-order valence-electron chi connectivity index (χ1n) is 9.03. The van der Waals surface area contributed by atoms with Crippen molar-refractivity contribution >= 4 is 11.2 Å². The largest absolute Gasteiger partial charge is 0.394 e. The van der Waals surface area contributed by atoms with E-state index in [1.807, 2.05) is 0 Å². The summed E-state index contributed by atoms with van der Waals surface area (Å²) in [6.07, 6.45) is 2.42. The van der Waals surface area contributed by atoms with Crippen LogP contribution in [0.3, 0.4) is 0 Å². The fourth-order valence-corrected chi connectivity index (χ4v) is 3.65. The van der Waals surface area contributed by atoms with Crippen molar-refractivity contribution in [2.24, 2.45) is 14.1 Å². The highest BCUT2D eigenvalue weighted by molar-refractivity contribution is 5.71. The van der Waals surface area contributed by atoms with Crippen LogP contribution in [0.15, 0.2) is 9.59 Å². The number of piperidine rings is 1. The van der Waals surface area contributed by atoms with E-state index < -0.39 is 24.0 Å². The van der Waals surface area contributed by atoms with E-state index >= 15 is 0 Å². The summed E-state index contributed by atoms with van der Waals surface area (Å²) in [5.74, 6) is 0.625. The van der Waals surface area contributed by atoms with Gasteiger partial charge in [-0.2, -0.15) is 0 Å². The monoisotopic (exact) mass is 365 g/mol. The number of likely N-dealkylation sites (tertiary alicyclic amines) is 1. The third-order valence-corrected chi connectivity index (χ3v) is 5.32. The van der Waals surface area contributed by atoms with Crippen LogP contribution in [0.2, 0.25) is 0 Å². The van der Waals surface area contributed by atoms with E-state index in [4.69, 9.17) is 0 Å². The fraction of sp³-hybridized carbons (Fsp3) is 0.706. The molecule has 2 atom stereocenters. The summed E-state index contributed by atoms with van der Waals surface area (Å²) in [7, 11) is 3.01. The van der Waals surface area contributed by atoms with Crippen LogP contribution in [0, 0.1) is 0 Å². The molecule has 0 bridgehead atoms. The van der Waals surface area contributed by atoms with Crippen molar-refractivity contribution in [1.29, 1.82) is 0 Å². The lowest BCUT2D eigenvalue weighted by atomic mass is 10.0. The summed E-state index contributed by atoms with van der Waals surface area (Å²) < 4.78 is 4.04. The van der Waals surface area contributed by atoms with Crippen LogP contribution in [0.4, 0.5) is 0 Å². The Labute approximate surface area is 151 Å². The lowest BCUT2D eigenvalue weighted by molar-refractivity contribution is 0.0796. The number of aliphatic hydroxyl groups excluding tert-OH is 2. The highest BCUT2D eigenvalue weighted by atomic mass is 16.3. The number of hydrogen-bond donors (Lipinski definition) is 2. The predicted octanol–water partition coefficient (Wildman–Crippen LogP) is -0.839. The molecule has 0 unspecified atom stereocenters. The molecule has 3 rings (SSSR count). The van der Waals surface area contributed by atoms with Gasteiger partial charge in [-0.15, -0.1) is 0 Å². The molecule has 1 saturated heterocycles. The molecule has 2 aromatic heterocycles. The minimum absolute atomic E-state index is 0.0536. The molecule has 0 saturated carbocycles. The molecule has 9 heteroatoms. The van der Waals surface area contributed by atoms with Gasteiger partial charge < -0.3 is 14.8 Å². The molecule has 0 amide bonds. The number of hydrogen-bond acceptors (Lipinski definition) is 6. The molecule has 3 heterocycles. The maximum atomic E-state index is 12.7. The maximum absolute atomic E-state index is 12.7. The van der Waals surface area contributed by atoms with Gasteiger partial charge in [0.15, 0.2) is 11.2 Å². The quantitative estimate of drug-likeness (QED) is 0.716. The van der Waals surface area contributed by atoms with Crippen molar-refractivity contribution in [3.05, 3.63) is 26.7 Å². The van der Waals surface area contributed by atoms with Gasteiger partial charge in [0.1, 0.15) is 5.82 Å². The second-order valence-corrected chi connectivity index (χ2v) is 7.17. The molecule has 1 aliphatic rings. The van der Waals surface area contributed by atoms with Gasteiger partial charge in [-0.3, -0.25) is 18.8 Å². The van der Waals surface area contributed by atoms with Gasteiger partial charge in [0.2, 0.25) is 0 Å². The smallest absolute Gasteiger partial charge is 0.332 e. The van der Waals surface area contributed by atoms with Gasteiger partial charge in [-0.1, -0.05) is 6.42 Å². The van der Waals surface area contributed by atoms with Crippen LogP contribution in [0.5, 0.6) is 0 Å². The summed E-state index contributed by atoms with van der Waals surface area (Å²) in [5, 5.41) is 19.2. The zero-order chi connectivity index (χ0) is 19.0. The van der Waals surface area contributed by atoms with Gasteiger partial charge in [0.05, 0.1) is 25.8 Å². The summed E-state index contributed by atoms with van der Waals surface area (Å²) in [5.41, 5.74) is -0.295. The van der Waals surface area contributed by atoms with Crippen LogP contribution in [-0.4, -0.2) is 59.1 Å². The normalized spacial score (nSPS) is 20.0. The van der Waals surface area contributed by atoms with E-state index in [9.17, 15) is 19.8 Å². The minimum atomic E-state index is -1.01. The molecule has 0 aromatic carbocycles. The lowest BCUT2D eigenvalue weighted by Gasteiger charge is -2.33. The van der Waals surface area contributed by atoms with Crippen molar-refractivity contribution in [2.75, 3.05) is 13.2 Å². The van der Waals surface area contributed by atoms with Crippen LogP contribution in [0.25, 0.3) is 11.2 Å². The fourth-order valence-electron chi connectivity index (χ4n) is 3.65. The Bertz CT molecular complexity index is 912. The Hall–Kier alpha value is -1.97. The standard InChI is InChI=1S/C17H27N5O4/c1-11-6-4-5-7-21(11)9-13-18-15-14(22(13)8-12(24)10-23)16(25)20(3)17(26)19(15)2/h11-12,23-24H,4-10H2,1-3H3/t11-,12-/m1/s1. The molecule has 26 heavy (non-hydrogen) atoms. The Morgan fingerprint density at radius 3 is 2.62 bits per heavy atom. The maximum Gasteiger partial charge on any atom is 0.332 e. The second kappa shape index (κ2) is 7.34. The number of rotatable bonds is 5. The summed E-state index contributed by atoms with van der Waals surface area (Å²) >= 11 is 0. The summed E-state index contributed by atoms with van der Waals surface area (Å²) in [6.45, 7) is 3.29. The number of aromatic nitrogens is 4. The minimum Gasteiger partial charge on any atom is -0.394 e. The van der Waals surface area contributed by atoms with E-state index in [2.05, 4.69) is 16.8 Å². The molecule has 1 aliphatic heterocycles. The average molecular weight is 365 g/mol. The van der Waals surface area contributed by atoms with Crippen molar-refractivity contribution in [2.45, 2.75) is 51.4 Å². The first-order chi connectivity index (χ1) is 12.3. The highest BCUT2D eigenvalue weighted by Gasteiger charge is 2.24. The average Bonchev–Trinajstić information content (AvgIpc) is 2.98. The molecular weight excluding hydrogens is 338 g/mol. The highest BCUT2D eigenvalue weighted by Crippen LogP contribution is 2.20.